The lowest BCUT2D eigenvalue weighted by Gasteiger charge is -2.26. The van der Waals surface area contributed by atoms with E-state index in [0.29, 0.717) is 11.7 Å². The first-order valence-corrected chi connectivity index (χ1v) is 10.9. The van der Waals surface area contributed by atoms with Crippen molar-refractivity contribution < 1.29 is 9.21 Å². The third-order valence-electron chi connectivity index (χ3n) is 5.42. The average Bonchev–Trinajstić information content (AvgIpc) is 3.43. The molecule has 4 aromatic rings. The number of hydrogen-bond acceptors (Lipinski definition) is 9. The van der Waals surface area contributed by atoms with Crippen LogP contribution in [0, 0.1) is 6.92 Å². The SMILES string of the molecule is Cc1nnc(-c2ccc3nnc(NC(=O)c4coc(C5CCN(C)CC5)n4)cc3c2)s1. The number of piperidine rings is 1. The minimum absolute atomic E-state index is 0.244. The maximum Gasteiger partial charge on any atom is 0.278 e. The number of likely N-dealkylation sites (tertiary alicyclic amines) is 1. The van der Waals surface area contributed by atoms with Crippen LogP contribution in [0.25, 0.3) is 21.5 Å². The standard InChI is InChI=1S/C21H21N7O2S/c1-12-24-27-21(31-12)14-3-4-16-15(9-14)10-18(26-25-16)23-19(29)17-11-30-20(22-17)13-5-7-28(2)8-6-13/h3-4,9-11,13H,5-8H2,1-2H3,(H,23,26,29). The first-order valence-electron chi connectivity index (χ1n) is 10.1. The summed E-state index contributed by atoms with van der Waals surface area (Å²) in [5.41, 5.74) is 1.92. The van der Waals surface area contributed by atoms with Crippen LogP contribution >= 0.6 is 11.3 Å². The summed E-state index contributed by atoms with van der Waals surface area (Å²) in [7, 11) is 2.10. The molecule has 158 valence electrons. The molecule has 1 aromatic carbocycles. The van der Waals surface area contributed by atoms with Gasteiger partial charge in [0, 0.05) is 16.9 Å². The maximum atomic E-state index is 12.7. The minimum Gasteiger partial charge on any atom is -0.448 e. The molecule has 0 saturated carbocycles. The molecular weight excluding hydrogens is 414 g/mol. The molecule has 3 aromatic heterocycles. The number of aromatic nitrogens is 5. The largest absolute Gasteiger partial charge is 0.448 e. The lowest BCUT2D eigenvalue weighted by Crippen LogP contribution is -2.29. The lowest BCUT2D eigenvalue weighted by molar-refractivity contribution is 0.102. The average molecular weight is 436 g/mol. The number of amides is 1. The zero-order valence-corrected chi connectivity index (χ0v) is 18.0. The molecule has 1 aliphatic heterocycles. The molecule has 4 heterocycles. The topological polar surface area (TPSA) is 110 Å². The van der Waals surface area contributed by atoms with Crippen LogP contribution in [0.15, 0.2) is 34.9 Å². The summed E-state index contributed by atoms with van der Waals surface area (Å²) < 4.78 is 5.60. The Kier molecular flexibility index (Phi) is 5.16. The normalized spacial score (nSPS) is 15.4. The molecule has 10 heteroatoms. The highest BCUT2D eigenvalue weighted by atomic mass is 32.1. The Morgan fingerprint density at radius 3 is 2.77 bits per heavy atom. The number of hydrogen-bond donors (Lipinski definition) is 1. The number of carbonyl (C=O) groups excluding carboxylic acids is 1. The molecule has 0 atom stereocenters. The van der Waals surface area contributed by atoms with Gasteiger partial charge in [-0.05, 0) is 64.2 Å². The summed E-state index contributed by atoms with van der Waals surface area (Å²) >= 11 is 1.53. The molecule has 1 N–H and O–H groups in total. The van der Waals surface area contributed by atoms with Crippen LogP contribution in [0.4, 0.5) is 5.82 Å². The van der Waals surface area contributed by atoms with Gasteiger partial charge in [0.25, 0.3) is 5.91 Å². The van der Waals surface area contributed by atoms with Crippen molar-refractivity contribution in [3.8, 4) is 10.6 Å². The quantitative estimate of drug-likeness (QED) is 0.519. The van der Waals surface area contributed by atoms with Crippen molar-refractivity contribution >= 4 is 34.0 Å². The molecule has 1 amide bonds. The molecular formula is C21H21N7O2S. The van der Waals surface area contributed by atoms with E-state index in [1.807, 2.05) is 25.1 Å². The molecule has 0 radical (unpaired) electrons. The van der Waals surface area contributed by atoms with Crippen LogP contribution < -0.4 is 5.32 Å². The summed E-state index contributed by atoms with van der Waals surface area (Å²) in [6.07, 6.45) is 3.36. The van der Waals surface area contributed by atoms with Gasteiger partial charge in [-0.15, -0.1) is 20.4 Å². The second-order valence-electron chi connectivity index (χ2n) is 7.73. The van der Waals surface area contributed by atoms with E-state index in [1.165, 1.54) is 17.6 Å². The lowest BCUT2D eigenvalue weighted by atomic mass is 9.97. The van der Waals surface area contributed by atoms with Gasteiger partial charge < -0.3 is 14.6 Å². The van der Waals surface area contributed by atoms with Gasteiger partial charge in [-0.1, -0.05) is 11.3 Å². The zero-order valence-electron chi connectivity index (χ0n) is 17.2. The third-order valence-corrected chi connectivity index (χ3v) is 6.31. The van der Waals surface area contributed by atoms with Gasteiger partial charge in [0.1, 0.15) is 16.3 Å². The van der Waals surface area contributed by atoms with E-state index in [2.05, 4.69) is 42.6 Å². The van der Waals surface area contributed by atoms with Gasteiger partial charge in [-0.25, -0.2) is 4.98 Å². The summed E-state index contributed by atoms with van der Waals surface area (Å²) in [4.78, 5) is 19.4. The van der Waals surface area contributed by atoms with Crippen molar-refractivity contribution in [2.24, 2.45) is 0 Å². The van der Waals surface area contributed by atoms with Gasteiger partial charge >= 0.3 is 0 Å². The summed E-state index contributed by atoms with van der Waals surface area (Å²) in [5.74, 6) is 0.861. The highest BCUT2D eigenvalue weighted by Crippen LogP contribution is 2.28. The number of fused-ring (bicyclic) bond motifs is 1. The molecule has 5 rings (SSSR count). The monoisotopic (exact) mass is 435 g/mol. The fraction of sp³-hybridized carbons (Fsp3) is 0.333. The molecule has 1 fully saturated rings. The molecule has 1 saturated heterocycles. The number of benzene rings is 1. The van der Waals surface area contributed by atoms with E-state index in [0.717, 1.165) is 52.4 Å². The van der Waals surface area contributed by atoms with Gasteiger partial charge in [0.05, 0.1) is 5.52 Å². The number of carbonyl (C=O) groups is 1. The fourth-order valence-electron chi connectivity index (χ4n) is 3.67. The van der Waals surface area contributed by atoms with Crippen LogP contribution in [-0.2, 0) is 0 Å². The molecule has 0 aliphatic carbocycles. The smallest absolute Gasteiger partial charge is 0.278 e. The van der Waals surface area contributed by atoms with Crippen LogP contribution in [0.3, 0.4) is 0 Å². The summed E-state index contributed by atoms with van der Waals surface area (Å²) in [5, 5.41) is 21.9. The number of rotatable bonds is 4. The van der Waals surface area contributed by atoms with Crippen LogP contribution in [0.5, 0.6) is 0 Å². The van der Waals surface area contributed by atoms with E-state index < -0.39 is 0 Å². The fourth-order valence-corrected chi connectivity index (χ4v) is 4.36. The number of oxazole rings is 1. The number of nitrogens with one attached hydrogen (secondary N) is 1. The van der Waals surface area contributed by atoms with Crippen LogP contribution in [0.2, 0.25) is 0 Å². The van der Waals surface area contributed by atoms with Crippen molar-refractivity contribution in [2.75, 3.05) is 25.5 Å². The van der Waals surface area contributed by atoms with E-state index in [9.17, 15) is 4.79 Å². The van der Waals surface area contributed by atoms with Crippen molar-refractivity contribution in [1.82, 2.24) is 30.3 Å². The minimum atomic E-state index is -0.368. The van der Waals surface area contributed by atoms with Crippen molar-refractivity contribution in [2.45, 2.75) is 25.7 Å². The molecule has 0 unspecified atom stereocenters. The molecule has 31 heavy (non-hydrogen) atoms. The number of nitrogens with zero attached hydrogens (tertiary/aromatic N) is 6. The Bertz CT molecular complexity index is 1240. The summed E-state index contributed by atoms with van der Waals surface area (Å²) in [6.45, 7) is 3.92. The maximum absolute atomic E-state index is 12.7. The van der Waals surface area contributed by atoms with Crippen molar-refractivity contribution in [3.05, 3.63) is 47.1 Å². The van der Waals surface area contributed by atoms with Gasteiger partial charge in [0.15, 0.2) is 17.4 Å². The number of anilines is 1. The molecule has 0 spiro atoms. The van der Waals surface area contributed by atoms with Gasteiger partial charge in [-0.3, -0.25) is 4.79 Å². The first-order chi connectivity index (χ1) is 15.0. The predicted octanol–water partition coefficient (Wildman–Crippen LogP) is 3.51. The van der Waals surface area contributed by atoms with Crippen LogP contribution in [0.1, 0.15) is 40.1 Å². The molecule has 1 aliphatic rings. The highest BCUT2D eigenvalue weighted by molar-refractivity contribution is 7.14. The third kappa shape index (κ3) is 4.17. The second kappa shape index (κ2) is 8.12. The molecule has 0 bridgehead atoms. The first kappa shape index (κ1) is 19.7. The van der Waals surface area contributed by atoms with E-state index in [4.69, 9.17) is 4.42 Å². The Morgan fingerprint density at radius 2 is 2.00 bits per heavy atom. The second-order valence-corrected chi connectivity index (χ2v) is 8.91. The Hall–Kier alpha value is -3.24. The number of aryl methyl sites for hydroxylation is 1. The van der Waals surface area contributed by atoms with Gasteiger partial charge in [-0.2, -0.15) is 0 Å². The summed E-state index contributed by atoms with van der Waals surface area (Å²) in [6, 6.07) is 7.57. The Balaban J connectivity index is 1.33. The van der Waals surface area contributed by atoms with Crippen molar-refractivity contribution in [1.29, 1.82) is 0 Å². The van der Waals surface area contributed by atoms with Crippen molar-refractivity contribution in [3.63, 3.8) is 0 Å². The van der Waals surface area contributed by atoms with E-state index >= 15 is 0 Å². The molecule has 9 nitrogen and oxygen atoms in total. The van der Waals surface area contributed by atoms with E-state index in [1.54, 1.807) is 6.07 Å². The van der Waals surface area contributed by atoms with Crippen LogP contribution in [-0.4, -0.2) is 56.3 Å². The highest BCUT2D eigenvalue weighted by Gasteiger charge is 2.24. The van der Waals surface area contributed by atoms with Gasteiger partial charge in [0.2, 0.25) is 0 Å². The Labute approximate surface area is 182 Å². The Morgan fingerprint density at radius 1 is 1.16 bits per heavy atom. The van der Waals surface area contributed by atoms with E-state index in [-0.39, 0.29) is 17.5 Å². The zero-order chi connectivity index (χ0) is 21.4. The predicted molar refractivity (Wildman–Crippen MR) is 117 cm³/mol.